The first-order chi connectivity index (χ1) is 6.59. The third kappa shape index (κ3) is 1.81. The Bertz CT molecular complexity index is 307. The van der Waals surface area contributed by atoms with Crippen molar-refractivity contribution in [1.82, 2.24) is 15.1 Å². The number of aliphatic hydroxyl groups is 1. The average molecular weight is 195 g/mol. The van der Waals surface area contributed by atoms with E-state index in [1.165, 1.54) is 0 Å². The number of aromatic nitrogens is 2. The highest BCUT2D eigenvalue weighted by Crippen LogP contribution is 2.19. The van der Waals surface area contributed by atoms with Gasteiger partial charge in [0, 0.05) is 25.7 Å². The molecule has 14 heavy (non-hydrogen) atoms. The van der Waals surface area contributed by atoms with Crippen LogP contribution in [0.1, 0.15) is 17.8 Å². The average Bonchev–Trinajstić information content (AvgIpc) is 2.62. The Balaban J connectivity index is 2.10. The van der Waals surface area contributed by atoms with Crippen LogP contribution >= 0.6 is 0 Å². The molecule has 0 radical (unpaired) electrons. The van der Waals surface area contributed by atoms with Gasteiger partial charge in [0.05, 0.1) is 11.3 Å². The molecule has 4 nitrogen and oxygen atoms in total. The molecule has 2 rings (SSSR count). The third-order valence-corrected chi connectivity index (χ3v) is 2.90. The van der Waals surface area contributed by atoms with Gasteiger partial charge in [-0.05, 0) is 26.0 Å². The van der Waals surface area contributed by atoms with Gasteiger partial charge < -0.3 is 10.4 Å². The molecule has 1 aromatic heterocycles. The number of hydrogen-bond acceptors (Lipinski definition) is 3. The lowest BCUT2D eigenvalue weighted by molar-refractivity contribution is 0.0608. The first-order valence-electron chi connectivity index (χ1n) is 5.02. The van der Waals surface area contributed by atoms with Gasteiger partial charge in [-0.3, -0.25) is 4.68 Å². The molecule has 1 aliphatic heterocycles. The second kappa shape index (κ2) is 3.37. The predicted molar refractivity (Wildman–Crippen MR) is 54.1 cm³/mol. The van der Waals surface area contributed by atoms with E-state index in [0.717, 1.165) is 24.4 Å². The van der Waals surface area contributed by atoms with Crippen molar-refractivity contribution in [2.75, 3.05) is 13.1 Å². The van der Waals surface area contributed by atoms with E-state index in [9.17, 15) is 5.11 Å². The predicted octanol–water partition coefficient (Wildman–Crippen LogP) is -0.00458. The zero-order valence-corrected chi connectivity index (χ0v) is 8.75. The Morgan fingerprint density at radius 1 is 1.71 bits per heavy atom. The molecule has 2 heterocycles. The van der Waals surface area contributed by atoms with E-state index in [0.29, 0.717) is 13.0 Å². The van der Waals surface area contributed by atoms with Crippen molar-refractivity contribution in [2.45, 2.75) is 25.4 Å². The number of nitrogens with zero attached hydrogens (tertiary/aromatic N) is 2. The summed E-state index contributed by atoms with van der Waals surface area (Å²) in [4.78, 5) is 0. The fourth-order valence-electron chi connectivity index (χ4n) is 1.94. The van der Waals surface area contributed by atoms with Gasteiger partial charge in [0.15, 0.2) is 0 Å². The van der Waals surface area contributed by atoms with Crippen molar-refractivity contribution in [1.29, 1.82) is 0 Å². The highest BCUT2D eigenvalue weighted by molar-refractivity contribution is 5.12. The molecule has 0 aliphatic carbocycles. The molecule has 0 spiro atoms. The molecule has 4 heteroatoms. The van der Waals surface area contributed by atoms with Gasteiger partial charge in [0.25, 0.3) is 0 Å². The molecule has 0 bridgehead atoms. The second-order valence-electron chi connectivity index (χ2n) is 4.23. The molecule has 2 N–H and O–H groups in total. The minimum atomic E-state index is -0.583. The van der Waals surface area contributed by atoms with Crippen LogP contribution in [0.15, 0.2) is 6.07 Å². The van der Waals surface area contributed by atoms with E-state index in [2.05, 4.69) is 10.4 Å². The monoisotopic (exact) mass is 195 g/mol. The number of β-amino-alcohol motifs (C(OH)–C–C–N with tert-alkyl or cyclic N) is 1. The van der Waals surface area contributed by atoms with Crippen LogP contribution in [0, 0.1) is 6.92 Å². The summed E-state index contributed by atoms with van der Waals surface area (Å²) in [5, 5.41) is 17.7. The van der Waals surface area contributed by atoms with Crippen LogP contribution in [0.5, 0.6) is 0 Å². The Kier molecular flexibility index (Phi) is 2.33. The molecule has 78 valence electrons. The normalized spacial score (nSPS) is 27.1. The fourth-order valence-corrected chi connectivity index (χ4v) is 1.94. The van der Waals surface area contributed by atoms with Gasteiger partial charge in [-0.2, -0.15) is 5.10 Å². The van der Waals surface area contributed by atoms with Gasteiger partial charge in [0.1, 0.15) is 0 Å². The number of aryl methyl sites for hydroxylation is 2. The van der Waals surface area contributed by atoms with Crippen LogP contribution in [0.3, 0.4) is 0 Å². The van der Waals surface area contributed by atoms with Crippen molar-refractivity contribution < 1.29 is 5.11 Å². The third-order valence-electron chi connectivity index (χ3n) is 2.90. The Hall–Kier alpha value is -0.870. The molecule has 0 aromatic carbocycles. The molecule has 1 aromatic rings. The maximum Gasteiger partial charge on any atom is 0.0839 e. The topological polar surface area (TPSA) is 50.1 Å². The highest BCUT2D eigenvalue weighted by Gasteiger charge is 2.31. The number of nitrogens with one attached hydrogen (secondary N) is 1. The fraction of sp³-hybridized carbons (Fsp3) is 0.700. The summed E-state index contributed by atoms with van der Waals surface area (Å²) in [6.45, 7) is 3.61. The van der Waals surface area contributed by atoms with E-state index in [4.69, 9.17) is 0 Å². The molecule has 0 amide bonds. The number of rotatable bonds is 2. The van der Waals surface area contributed by atoms with Gasteiger partial charge in [0.2, 0.25) is 0 Å². The maximum absolute atomic E-state index is 10.1. The van der Waals surface area contributed by atoms with Crippen molar-refractivity contribution in [3.63, 3.8) is 0 Å². The van der Waals surface area contributed by atoms with Crippen LogP contribution in [0.4, 0.5) is 0 Å². The van der Waals surface area contributed by atoms with Crippen LogP contribution < -0.4 is 5.32 Å². The minimum Gasteiger partial charge on any atom is -0.388 e. The lowest BCUT2D eigenvalue weighted by Gasteiger charge is -2.19. The number of hydrogen-bond donors (Lipinski definition) is 2. The lowest BCUT2D eigenvalue weighted by Crippen LogP contribution is -2.33. The van der Waals surface area contributed by atoms with Gasteiger partial charge >= 0.3 is 0 Å². The summed E-state index contributed by atoms with van der Waals surface area (Å²) in [6, 6.07) is 2.04. The van der Waals surface area contributed by atoms with E-state index in [-0.39, 0.29) is 0 Å². The van der Waals surface area contributed by atoms with Gasteiger partial charge in [-0.1, -0.05) is 0 Å². The smallest absolute Gasteiger partial charge is 0.0839 e. The summed E-state index contributed by atoms with van der Waals surface area (Å²) in [5.41, 5.74) is 1.53. The van der Waals surface area contributed by atoms with Crippen molar-refractivity contribution in [3.8, 4) is 0 Å². The molecule has 1 atom stereocenters. The summed E-state index contributed by atoms with van der Waals surface area (Å²) < 4.78 is 1.85. The summed E-state index contributed by atoms with van der Waals surface area (Å²) in [7, 11) is 1.93. The zero-order chi connectivity index (χ0) is 10.2. The molecule has 1 aliphatic rings. The molecular weight excluding hydrogens is 178 g/mol. The summed E-state index contributed by atoms with van der Waals surface area (Å²) >= 11 is 0. The molecule has 1 fully saturated rings. The van der Waals surface area contributed by atoms with Crippen molar-refractivity contribution in [2.24, 2.45) is 7.05 Å². The van der Waals surface area contributed by atoms with Gasteiger partial charge in [-0.25, -0.2) is 0 Å². The van der Waals surface area contributed by atoms with Crippen LogP contribution in [-0.4, -0.2) is 33.6 Å². The Morgan fingerprint density at radius 3 is 3.00 bits per heavy atom. The minimum absolute atomic E-state index is 0.583. The molecule has 0 saturated carbocycles. The van der Waals surface area contributed by atoms with Crippen molar-refractivity contribution >= 4 is 0 Å². The largest absolute Gasteiger partial charge is 0.388 e. The van der Waals surface area contributed by atoms with E-state index in [1.807, 2.05) is 24.7 Å². The van der Waals surface area contributed by atoms with E-state index < -0.39 is 5.60 Å². The standard InChI is InChI=1S/C10H17N3O/c1-8-5-9(12-13(8)2)6-10(14)3-4-11-7-10/h5,11,14H,3-4,6-7H2,1-2H3. The van der Waals surface area contributed by atoms with E-state index >= 15 is 0 Å². The Labute approximate surface area is 83.9 Å². The summed E-state index contributed by atoms with van der Waals surface area (Å²) in [5.74, 6) is 0. The first kappa shape index (κ1) is 9.68. The SMILES string of the molecule is Cc1cc(CC2(O)CCNC2)nn1C. The highest BCUT2D eigenvalue weighted by atomic mass is 16.3. The lowest BCUT2D eigenvalue weighted by atomic mass is 9.97. The second-order valence-corrected chi connectivity index (χ2v) is 4.23. The Morgan fingerprint density at radius 2 is 2.50 bits per heavy atom. The molecule has 1 saturated heterocycles. The van der Waals surface area contributed by atoms with E-state index in [1.54, 1.807) is 0 Å². The van der Waals surface area contributed by atoms with Gasteiger partial charge in [-0.15, -0.1) is 0 Å². The van der Waals surface area contributed by atoms with Crippen LogP contribution in [-0.2, 0) is 13.5 Å². The summed E-state index contributed by atoms with van der Waals surface area (Å²) in [6.07, 6.45) is 1.48. The first-order valence-corrected chi connectivity index (χ1v) is 5.02. The van der Waals surface area contributed by atoms with Crippen molar-refractivity contribution in [3.05, 3.63) is 17.5 Å². The van der Waals surface area contributed by atoms with Crippen LogP contribution in [0.2, 0.25) is 0 Å². The maximum atomic E-state index is 10.1. The molecule has 1 unspecified atom stereocenters. The zero-order valence-electron chi connectivity index (χ0n) is 8.75. The van der Waals surface area contributed by atoms with Crippen LogP contribution in [0.25, 0.3) is 0 Å². The molecular formula is C10H17N3O. The quantitative estimate of drug-likeness (QED) is 0.698.